The van der Waals surface area contributed by atoms with Crippen molar-refractivity contribution in [2.75, 3.05) is 20.2 Å². The molecule has 0 aromatic heterocycles. The number of carboxylic acids is 1. The number of likely N-dealkylation sites (tertiary alicyclic amines) is 1. The van der Waals surface area contributed by atoms with Crippen LogP contribution in [0.5, 0.6) is 0 Å². The Morgan fingerprint density at radius 1 is 1.30 bits per heavy atom. The van der Waals surface area contributed by atoms with Crippen molar-refractivity contribution in [3.05, 3.63) is 35.9 Å². The molecule has 1 aromatic carbocycles. The van der Waals surface area contributed by atoms with Gasteiger partial charge in [-0.1, -0.05) is 44.2 Å². The summed E-state index contributed by atoms with van der Waals surface area (Å²) in [7, 11) is 1.51. The molecule has 0 saturated carbocycles. The van der Waals surface area contributed by atoms with Crippen LogP contribution in [0.15, 0.2) is 30.3 Å². The lowest BCUT2D eigenvalue weighted by Crippen LogP contribution is -2.47. The summed E-state index contributed by atoms with van der Waals surface area (Å²) in [5, 5.41) is 9.64. The summed E-state index contributed by atoms with van der Waals surface area (Å²) in [5.74, 6) is -1.06. The van der Waals surface area contributed by atoms with Crippen molar-refractivity contribution in [2.45, 2.75) is 32.8 Å². The predicted molar refractivity (Wildman–Crippen MR) is 86.9 cm³/mol. The Balaban J connectivity index is 2.29. The van der Waals surface area contributed by atoms with Crippen molar-refractivity contribution in [2.24, 2.45) is 11.3 Å². The molecule has 1 fully saturated rings. The summed E-state index contributed by atoms with van der Waals surface area (Å²) in [5.41, 5.74) is -1.21. The van der Waals surface area contributed by atoms with Crippen LogP contribution in [0.3, 0.4) is 0 Å². The van der Waals surface area contributed by atoms with Gasteiger partial charge in [0.25, 0.3) is 5.91 Å². The topological polar surface area (TPSA) is 66.8 Å². The van der Waals surface area contributed by atoms with Crippen LogP contribution in [-0.4, -0.2) is 42.1 Å². The summed E-state index contributed by atoms with van der Waals surface area (Å²) in [4.78, 5) is 26.4. The maximum Gasteiger partial charge on any atom is 0.311 e. The average molecular weight is 319 g/mol. The minimum absolute atomic E-state index is 0.0386. The number of nitrogens with zero attached hydrogens (tertiary/aromatic N) is 1. The zero-order chi connectivity index (χ0) is 17.3. The van der Waals surface area contributed by atoms with Crippen LogP contribution < -0.4 is 0 Å². The smallest absolute Gasteiger partial charge is 0.311 e. The molecule has 2 unspecified atom stereocenters. The Morgan fingerprint density at radius 3 is 2.35 bits per heavy atom. The standard InChI is InChI=1S/C18H25NO4/c1-13(2)18(16(21)22)10-11-19(12-18)15(20)17(3,23-4)14-8-6-5-7-9-14/h5-9,13H,10-12H2,1-4H3,(H,21,22). The van der Waals surface area contributed by atoms with Crippen LogP contribution in [0.1, 0.15) is 32.8 Å². The van der Waals surface area contributed by atoms with Crippen LogP contribution in [0.25, 0.3) is 0 Å². The molecule has 0 radical (unpaired) electrons. The Hall–Kier alpha value is -1.88. The molecule has 126 valence electrons. The van der Waals surface area contributed by atoms with Crippen LogP contribution in [-0.2, 0) is 19.9 Å². The van der Waals surface area contributed by atoms with Gasteiger partial charge in [-0.15, -0.1) is 0 Å². The predicted octanol–water partition coefficient (Wildman–Crippen LogP) is 2.51. The Bertz CT molecular complexity index is 586. The molecule has 2 atom stereocenters. The molecular formula is C18H25NO4. The molecule has 1 N–H and O–H groups in total. The Morgan fingerprint density at radius 2 is 1.91 bits per heavy atom. The summed E-state index contributed by atoms with van der Waals surface area (Å²) in [6, 6.07) is 9.31. The molecule has 1 saturated heterocycles. The van der Waals surface area contributed by atoms with E-state index in [9.17, 15) is 14.7 Å². The van der Waals surface area contributed by atoms with Crippen molar-refractivity contribution in [1.82, 2.24) is 4.90 Å². The zero-order valence-electron chi connectivity index (χ0n) is 14.2. The highest BCUT2D eigenvalue weighted by Crippen LogP contribution is 2.40. The number of carbonyl (C=O) groups excluding carboxylic acids is 1. The molecule has 1 aliphatic rings. The molecule has 1 heterocycles. The first kappa shape index (κ1) is 17.5. The van der Waals surface area contributed by atoms with Crippen LogP contribution in [0, 0.1) is 11.3 Å². The number of ether oxygens (including phenoxy) is 1. The van der Waals surface area contributed by atoms with Crippen molar-refractivity contribution in [1.29, 1.82) is 0 Å². The fraction of sp³-hybridized carbons (Fsp3) is 0.556. The van der Waals surface area contributed by atoms with Gasteiger partial charge in [0.1, 0.15) is 0 Å². The maximum atomic E-state index is 13.0. The number of benzene rings is 1. The van der Waals surface area contributed by atoms with Gasteiger partial charge in [-0.05, 0) is 24.8 Å². The average Bonchev–Trinajstić information content (AvgIpc) is 3.01. The normalized spacial score (nSPS) is 23.8. The van der Waals surface area contributed by atoms with Crippen molar-refractivity contribution >= 4 is 11.9 Å². The second-order valence-corrected chi connectivity index (χ2v) is 6.70. The number of carbonyl (C=O) groups is 2. The van der Waals surface area contributed by atoms with E-state index in [4.69, 9.17) is 4.74 Å². The zero-order valence-corrected chi connectivity index (χ0v) is 14.2. The van der Waals surface area contributed by atoms with E-state index < -0.39 is 17.0 Å². The van der Waals surface area contributed by atoms with Gasteiger partial charge in [0.2, 0.25) is 0 Å². The highest BCUT2D eigenvalue weighted by Gasteiger charge is 2.51. The molecule has 5 nitrogen and oxygen atoms in total. The minimum Gasteiger partial charge on any atom is -0.481 e. The number of methoxy groups -OCH3 is 1. The number of aliphatic carboxylic acids is 1. The first-order valence-corrected chi connectivity index (χ1v) is 7.91. The number of rotatable bonds is 5. The third kappa shape index (κ3) is 2.85. The molecule has 1 amide bonds. The Labute approximate surface area is 137 Å². The Kier molecular flexibility index (Phi) is 4.80. The number of hydrogen-bond donors (Lipinski definition) is 1. The second kappa shape index (κ2) is 6.32. The second-order valence-electron chi connectivity index (χ2n) is 6.70. The highest BCUT2D eigenvalue weighted by molar-refractivity contribution is 5.88. The van der Waals surface area contributed by atoms with Crippen LogP contribution >= 0.6 is 0 Å². The van der Waals surface area contributed by atoms with Crippen LogP contribution in [0.4, 0.5) is 0 Å². The van der Waals surface area contributed by atoms with Gasteiger partial charge in [0.15, 0.2) is 5.60 Å². The van der Waals surface area contributed by atoms with E-state index in [1.807, 2.05) is 44.2 Å². The van der Waals surface area contributed by atoms with E-state index in [1.165, 1.54) is 7.11 Å². The van der Waals surface area contributed by atoms with Gasteiger partial charge in [0, 0.05) is 20.2 Å². The maximum absolute atomic E-state index is 13.0. The molecular weight excluding hydrogens is 294 g/mol. The third-order valence-electron chi connectivity index (χ3n) is 5.26. The SMILES string of the molecule is COC(C)(C(=O)N1CCC(C(=O)O)(C(C)C)C1)c1ccccc1. The number of carboxylic acid groups (broad SMARTS) is 1. The summed E-state index contributed by atoms with van der Waals surface area (Å²) in [6.07, 6.45) is 0.473. The number of amides is 1. The monoisotopic (exact) mass is 319 g/mol. The largest absolute Gasteiger partial charge is 0.481 e. The molecule has 0 aliphatic carbocycles. The third-order valence-corrected chi connectivity index (χ3v) is 5.26. The van der Waals surface area contributed by atoms with Gasteiger partial charge in [0.05, 0.1) is 5.41 Å². The van der Waals surface area contributed by atoms with Crippen molar-refractivity contribution < 1.29 is 19.4 Å². The fourth-order valence-corrected chi connectivity index (χ4v) is 3.29. The number of hydrogen-bond acceptors (Lipinski definition) is 3. The van der Waals surface area contributed by atoms with E-state index in [2.05, 4.69) is 0 Å². The molecule has 23 heavy (non-hydrogen) atoms. The summed E-state index contributed by atoms with van der Waals surface area (Å²) < 4.78 is 5.55. The van der Waals surface area contributed by atoms with E-state index in [-0.39, 0.29) is 18.4 Å². The molecule has 0 spiro atoms. The summed E-state index contributed by atoms with van der Waals surface area (Å²) in [6.45, 7) is 6.20. The van der Waals surface area contributed by atoms with E-state index in [1.54, 1.807) is 11.8 Å². The first-order valence-electron chi connectivity index (χ1n) is 7.91. The van der Waals surface area contributed by atoms with Gasteiger partial charge < -0.3 is 14.7 Å². The molecule has 2 rings (SSSR count). The molecule has 1 aliphatic heterocycles. The minimum atomic E-state index is -1.10. The van der Waals surface area contributed by atoms with Crippen molar-refractivity contribution in [3.63, 3.8) is 0 Å². The lowest BCUT2D eigenvalue weighted by Gasteiger charge is -2.33. The molecule has 1 aromatic rings. The highest BCUT2D eigenvalue weighted by atomic mass is 16.5. The lowest BCUT2D eigenvalue weighted by atomic mass is 9.76. The molecule has 0 bridgehead atoms. The van der Waals surface area contributed by atoms with Gasteiger partial charge in [-0.25, -0.2) is 0 Å². The quantitative estimate of drug-likeness (QED) is 0.905. The first-order chi connectivity index (χ1) is 10.8. The van der Waals surface area contributed by atoms with Crippen molar-refractivity contribution in [3.8, 4) is 0 Å². The van der Waals surface area contributed by atoms with Gasteiger partial charge in [-0.3, -0.25) is 9.59 Å². The molecule has 5 heteroatoms. The van der Waals surface area contributed by atoms with Crippen LogP contribution in [0.2, 0.25) is 0 Å². The van der Waals surface area contributed by atoms with E-state index >= 15 is 0 Å². The fourth-order valence-electron chi connectivity index (χ4n) is 3.29. The van der Waals surface area contributed by atoms with E-state index in [0.29, 0.717) is 13.0 Å². The summed E-state index contributed by atoms with van der Waals surface area (Å²) >= 11 is 0. The van der Waals surface area contributed by atoms with Gasteiger partial charge >= 0.3 is 5.97 Å². The van der Waals surface area contributed by atoms with Gasteiger partial charge in [-0.2, -0.15) is 0 Å². The van der Waals surface area contributed by atoms with E-state index in [0.717, 1.165) is 5.56 Å². The lowest BCUT2D eigenvalue weighted by molar-refractivity contribution is -0.156.